The molecule has 0 amide bonds. The molecule has 1 aromatic heterocycles. The van der Waals surface area contributed by atoms with E-state index in [1.165, 1.54) is 12.3 Å². The molecule has 0 radical (unpaired) electrons. The van der Waals surface area contributed by atoms with Crippen LogP contribution in [0.1, 0.15) is 31.1 Å². The third kappa shape index (κ3) is 9.97. The standard InChI is InChI=1S/C33H17NO5/c1-4-7-8-9-10-11-12-13-14-15-16-17-18-19-20-21-22-23-39-30-24-27-29(25-31(30)37-5-2)34-26-28(32(27)35)33(36)38-6-3/h24-26H,5-6H2,1-3H3,(H,34,35). The number of pyridine rings is 1. The van der Waals surface area contributed by atoms with Gasteiger partial charge in [-0.05, 0) is 74.2 Å². The van der Waals surface area contributed by atoms with E-state index in [2.05, 4.69) is 112 Å². The van der Waals surface area contributed by atoms with E-state index < -0.39 is 11.4 Å². The molecule has 0 atom stereocenters. The Bertz CT molecular complexity index is 1910. The lowest BCUT2D eigenvalue weighted by molar-refractivity contribution is 0.0524. The molecule has 0 bridgehead atoms. The summed E-state index contributed by atoms with van der Waals surface area (Å²) in [6.45, 7) is 5.64. The van der Waals surface area contributed by atoms with Crippen molar-refractivity contribution in [2.24, 2.45) is 0 Å². The van der Waals surface area contributed by atoms with E-state index in [0.29, 0.717) is 17.9 Å². The molecule has 1 aromatic carbocycles. The first-order valence-electron chi connectivity index (χ1n) is 11.2. The molecule has 0 spiro atoms. The number of esters is 1. The average molecular weight is 508 g/mol. The van der Waals surface area contributed by atoms with Crippen LogP contribution in [0.5, 0.6) is 11.5 Å². The Morgan fingerprint density at radius 3 is 1.79 bits per heavy atom. The maximum atomic E-state index is 12.8. The number of hydrogen-bond donors (Lipinski definition) is 1. The Morgan fingerprint density at radius 2 is 1.28 bits per heavy atom. The summed E-state index contributed by atoms with van der Waals surface area (Å²) in [5.74, 6) is 42.6. The summed E-state index contributed by atoms with van der Waals surface area (Å²) in [6, 6.07) is 3.02. The Morgan fingerprint density at radius 1 is 0.744 bits per heavy atom. The summed E-state index contributed by atoms with van der Waals surface area (Å²) in [7, 11) is 0. The minimum Gasteiger partial charge on any atom is -0.490 e. The third-order valence-electron chi connectivity index (χ3n) is 4.01. The topological polar surface area (TPSA) is 77.6 Å². The van der Waals surface area contributed by atoms with Crippen LogP contribution in [-0.2, 0) is 4.74 Å². The van der Waals surface area contributed by atoms with Gasteiger partial charge in [0.2, 0.25) is 5.43 Å². The highest BCUT2D eigenvalue weighted by Gasteiger charge is 2.16. The van der Waals surface area contributed by atoms with Gasteiger partial charge in [0.05, 0.1) is 24.1 Å². The number of aromatic nitrogens is 1. The molecule has 0 fully saturated rings. The van der Waals surface area contributed by atoms with Crippen LogP contribution in [-0.4, -0.2) is 24.2 Å². The molecule has 0 unspecified atom stereocenters. The number of nitrogens with one attached hydrogen (secondary N) is 1. The zero-order chi connectivity index (χ0) is 28.1. The van der Waals surface area contributed by atoms with Crippen LogP contribution < -0.4 is 14.9 Å². The highest BCUT2D eigenvalue weighted by atomic mass is 16.5. The maximum Gasteiger partial charge on any atom is 0.343 e. The highest BCUT2D eigenvalue weighted by molar-refractivity contribution is 5.94. The van der Waals surface area contributed by atoms with Crippen molar-refractivity contribution in [3.8, 4) is 118 Å². The van der Waals surface area contributed by atoms with Gasteiger partial charge in [0.15, 0.2) is 11.5 Å². The molecule has 1 heterocycles. The van der Waals surface area contributed by atoms with E-state index in [-0.39, 0.29) is 23.3 Å². The fourth-order valence-electron chi connectivity index (χ4n) is 2.54. The predicted octanol–water partition coefficient (Wildman–Crippen LogP) is 2.49. The number of carbonyl (C=O) groups is 1. The zero-order valence-electron chi connectivity index (χ0n) is 21.2. The van der Waals surface area contributed by atoms with E-state index >= 15 is 0 Å². The van der Waals surface area contributed by atoms with Gasteiger partial charge in [0.1, 0.15) is 11.7 Å². The van der Waals surface area contributed by atoms with Crippen LogP contribution >= 0.6 is 0 Å². The maximum absolute atomic E-state index is 12.8. The van der Waals surface area contributed by atoms with Gasteiger partial charge in [-0.2, -0.15) is 0 Å². The third-order valence-corrected chi connectivity index (χ3v) is 4.01. The molecule has 6 heteroatoms. The van der Waals surface area contributed by atoms with E-state index in [1.807, 2.05) is 0 Å². The van der Waals surface area contributed by atoms with Crippen molar-refractivity contribution in [3.05, 3.63) is 34.1 Å². The molecular weight excluding hydrogens is 490 g/mol. The molecule has 0 aliphatic carbocycles. The smallest absolute Gasteiger partial charge is 0.343 e. The summed E-state index contributed by atoms with van der Waals surface area (Å²) in [5.41, 5.74) is -0.166. The van der Waals surface area contributed by atoms with Gasteiger partial charge in [0, 0.05) is 59.6 Å². The van der Waals surface area contributed by atoms with Crippen molar-refractivity contribution in [3.63, 3.8) is 0 Å². The lowest BCUT2D eigenvalue weighted by Crippen LogP contribution is -2.18. The van der Waals surface area contributed by atoms with Crippen LogP contribution in [0, 0.1) is 107 Å². The SMILES string of the molecule is CC#CC#CC#CC#CC#CC#CC#CC#CC#COc1cc2c(=O)c(C(=O)OCC)c[nH]c2cc1OCC. The summed E-state index contributed by atoms with van der Waals surface area (Å²) in [4.78, 5) is 27.7. The van der Waals surface area contributed by atoms with Gasteiger partial charge in [0.25, 0.3) is 0 Å². The Labute approximate surface area is 227 Å². The summed E-state index contributed by atoms with van der Waals surface area (Å²) < 4.78 is 15.9. The second kappa shape index (κ2) is 17.0. The van der Waals surface area contributed by atoms with Crippen molar-refractivity contribution in [1.29, 1.82) is 0 Å². The van der Waals surface area contributed by atoms with E-state index in [4.69, 9.17) is 14.2 Å². The van der Waals surface area contributed by atoms with Crippen LogP contribution in [0.3, 0.4) is 0 Å². The number of benzene rings is 1. The molecule has 2 aromatic rings. The molecule has 0 saturated carbocycles. The Balaban J connectivity index is 2.09. The van der Waals surface area contributed by atoms with Gasteiger partial charge in [-0.1, -0.05) is 5.92 Å². The van der Waals surface area contributed by atoms with E-state index in [0.717, 1.165) is 0 Å². The van der Waals surface area contributed by atoms with Crippen molar-refractivity contribution in [1.82, 2.24) is 4.98 Å². The van der Waals surface area contributed by atoms with Crippen molar-refractivity contribution < 1.29 is 19.0 Å². The Hall–Kier alpha value is -6.46. The first kappa shape index (κ1) is 28.8. The van der Waals surface area contributed by atoms with Crippen LogP contribution in [0.4, 0.5) is 0 Å². The van der Waals surface area contributed by atoms with Gasteiger partial charge in [-0.3, -0.25) is 4.79 Å². The van der Waals surface area contributed by atoms with Crippen LogP contribution in [0.25, 0.3) is 10.9 Å². The quantitative estimate of drug-likeness (QED) is 0.497. The number of rotatable bonds is 5. The number of hydrogen-bond acceptors (Lipinski definition) is 5. The zero-order valence-corrected chi connectivity index (χ0v) is 21.2. The van der Waals surface area contributed by atoms with Crippen molar-refractivity contribution in [2.45, 2.75) is 20.8 Å². The summed E-state index contributed by atoms with van der Waals surface area (Å²) in [6.07, 6.45) is 3.72. The highest BCUT2D eigenvalue weighted by Crippen LogP contribution is 2.30. The van der Waals surface area contributed by atoms with E-state index in [9.17, 15) is 9.59 Å². The molecule has 2 rings (SSSR count). The average Bonchev–Trinajstić information content (AvgIpc) is 2.93. The molecule has 0 saturated heterocycles. The molecule has 0 aliphatic heterocycles. The van der Waals surface area contributed by atoms with Crippen LogP contribution in [0.15, 0.2) is 23.1 Å². The summed E-state index contributed by atoms with van der Waals surface area (Å²) in [5, 5.41) is 0.213. The Kier molecular flexibility index (Phi) is 12.6. The van der Waals surface area contributed by atoms with Gasteiger partial charge in [-0.25, -0.2) is 4.79 Å². The number of carbonyl (C=O) groups excluding carboxylic acids is 1. The minimum absolute atomic E-state index is 0.120. The van der Waals surface area contributed by atoms with E-state index in [1.54, 1.807) is 26.8 Å². The van der Waals surface area contributed by atoms with Gasteiger partial charge >= 0.3 is 5.97 Å². The molecular formula is C33H17NO5. The minimum atomic E-state index is -0.718. The van der Waals surface area contributed by atoms with Crippen molar-refractivity contribution >= 4 is 16.9 Å². The molecule has 0 aliphatic rings. The first-order valence-corrected chi connectivity index (χ1v) is 11.2. The predicted molar refractivity (Wildman–Crippen MR) is 148 cm³/mol. The number of ether oxygens (including phenoxy) is 3. The molecule has 1 N–H and O–H groups in total. The largest absolute Gasteiger partial charge is 0.490 e. The molecule has 39 heavy (non-hydrogen) atoms. The fourth-order valence-corrected chi connectivity index (χ4v) is 2.54. The first-order chi connectivity index (χ1) is 19.1. The molecule has 6 nitrogen and oxygen atoms in total. The fraction of sp³-hybridized carbons (Fsp3) is 0.152. The second-order valence-electron chi connectivity index (χ2n) is 6.48. The monoisotopic (exact) mass is 507 g/mol. The van der Waals surface area contributed by atoms with Crippen LogP contribution in [0.2, 0.25) is 0 Å². The van der Waals surface area contributed by atoms with Crippen molar-refractivity contribution in [2.75, 3.05) is 13.2 Å². The number of fused-ring (bicyclic) bond motifs is 1. The normalized spacial score (nSPS) is 7.46. The lowest BCUT2D eigenvalue weighted by atomic mass is 10.1. The molecule has 184 valence electrons. The number of H-pyrrole nitrogens is 1. The second-order valence-corrected chi connectivity index (χ2v) is 6.48. The number of aromatic amines is 1. The van der Waals surface area contributed by atoms with Gasteiger partial charge in [-0.15, -0.1) is 0 Å². The summed E-state index contributed by atoms with van der Waals surface area (Å²) >= 11 is 0. The van der Waals surface area contributed by atoms with Gasteiger partial charge < -0.3 is 19.2 Å². The lowest BCUT2D eigenvalue weighted by Gasteiger charge is -2.10.